The van der Waals surface area contributed by atoms with Gasteiger partial charge in [0.25, 0.3) is 0 Å². The van der Waals surface area contributed by atoms with E-state index in [-0.39, 0.29) is 5.91 Å². The number of aromatic nitrogens is 2. The lowest BCUT2D eigenvalue weighted by molar-refractivity contribution is -0.126. The summed E-state index contributed by atoms with van der Waals surface area (Å²) in [5.74, 6) is 0.117. The van der Waals surface area contributed by atoms with Gasteiger partial charge in [-0.15, -0.1) is 0 Å². The van der Waals surface area contributed by atoms with Crippen LogP contribution >= 0.6 is 0 Å². The van der Waals surface area contributed by atoms with E-state index < -0.39 is 5.54 Å². The Balaban J connectivity index is 2.03. The van der Waals surface area contributed by atoms with E-state index in [1.165, 1.54) is 0 Å². The van der Waals surface area contributed by atoms with Crippen LogP contribution in [-0.2, 0) is 11.3 Å². The van der Waals surface area contributed by atoms with Gasteiger partial charge in [-0.1, -0.05) is 13.3 Å². The molecule has 1 heterocycles. The van der Waals surface area contributed by atoms with Crippen LogP contribution in [0, 0.1) is 5.92 Å². The van der Waals surface area contributed by atoms with Crippen molar-refractivity contribution >= 4 is 5.91 Å². The second kappa shape index (κ2) is 5.52. The van der Waals surface area contributed by atoms with E-state index in [1.807, 2.05) is 23.9 Å². The van der Waals surface area contributed by atoms with Crippen LogP contribution in [0.1, 0.15) is 32.6 Å². The molecule has 2 atom stereocenters. The van der Waals surface area contributed by atoms with Crippen LogP contribution in [-0.4, -0.2) is 27.8 Å². The molecule has 1 aliphatic rings. The average Bonchev–Trinajstić information content (AvgIpc) is 2.96. The zero-order chi connectivity index (χ0) is 13.0. The van der Waals surface area contributed by atoms with Crippen molar-refractivity contribution in [3.8, 4) is 0 Å². The number of likely N-dealkylation sites (N-methyl/N-ethyl adjacent to an activating group) is 1. The third-order valence-electron chi connectivity index (χ3n) is 4.02. The molecule has 100 valence electrons. The van der Waals surface area contributed by atoms with Crippen molar-refractivity contribution in [2.45, 2.75) is 44.7 Å². The van der Waals surface area contributed by atoms with E-state index in [9.17, 15) is 4.79 Å². The summed E-state index contributed by atoms with van der Waals surface area (Å²) in [6, 6.07) is 1.92. The molecule has 1 aromatic heterocycles. The quantitative estimate of drug-likeness (QED) is 0.788. The smallest absolute Gasteiger partial charge is 0.238 e. The van der Waals surface area contributed by atoms with Crippen molar-refractivity contribution in [1.82, 2.24) is 15.1 Å². The Bertz CT molecular complexity index is 390. The van der Waals surface area contributed by atoms with Gasteiger partial charge in [0.2, 0.25) is 5.91 Å². The lowest BCUT2D eigenvalue weighted by Crippen LogP contribution is -2.58. The number of hydrogen-bond donors (Lipinski definition) is 2. The van der Waals surface area contributed by atoms with E-state index in [0.29, 0.717) is 5.92 Å². The summed E-state index contributed by atoms with van der Waals surface area (Å²) < 4.78 is 1.91. The van der Waals surface area contributed by atoms with Crippen LogP contribution in [0.4, 0.5) is 0 Å². The van der Waals surface area contributed by atoms with Crippen molar-refractivity contribution in [3.63, 3.8) is 0 Å². The predicted octanol–water partition coefficient (Wildman–Crippen LogP) is 0.907. The first kappa shape index (κ1) is 13.1. The number of nitrogens with zero attached hydrogens (tertiary/aromatic N) is 2. The Kier molecular flexibility index (Phi) is 4.01. The summed E-state index contributed by atoms with van der Waals surface area (Å²) in [6.45, 7) is 3.65. The molecule has 3 N–H and O–H groups in total. The fraction of sp³-hybridized carbons (Fsp3) is 0.692. The molecular formula is C13H22N4O. The first-order valence-corrected chi connectivity index (χ1v) is 6.71. The largest absolute Gasteiger partial charge is 0.368 e. The molecule has 2 unspecified atom stereocenters. The minimum atomic E-state index is -0.498. The van der Waals surface area contributed by atoms with Gasteiger partial charge in [-0.3, -0.25) is 9.48 Å². The topological polar surface area (TPSA) is 72.9 Å². The van der Waals surface area contributed by atoms with Gasteiger partial charge in [-0.2, -0.15) is 5.10 Å². The van der Waals surface area contributed by atoms with Crippen molar-refractivity contribution in [2.24, 2.45) is 11.7 Å². The van der Waals surface area contributed by atoms with Gasteiger partial charge in [-0.05, 0) is 37.8 Å². The highest BCUT2D eigenvalue weighted by atomic mass is 16.1. The Hall–Kier alpha value is -1.36. The highest BCUT2D eigenvalue weighted by Gasteiger charge is 2.46. The second-order valence-corrected chi connectivity index (χ2v) is 5.01. The summed E-state index contributed by atoms with van der Waals surface area (Å²) in [5, 5.41) is 7.53. The number of rotatable bonds is 6. The number of amides is 1. The van der Waals surface area contributed by atoms with Crippen LogP contribution in [0.5, 0.6) is 0 Å². The van der Waals surface area contributed by atoms with Crippen LogP contribution < -0.4 is 11.1 Å². The third-order valence-corrected chi connectivity index (χ3v) is 4.02. The maximum Gasteiger partial charge on any atom is 0.238 e. The Morgan fingerprint density at radius 3 is 3.11 bits per heavy atom. The Labute approximate surface area is 108 Å². The van der Waals surface area contributed by atoms with Gasteiger partial charge in [0, 0.05) is 18.9 Å². The van der Waals surface area contributed by atoms with Gasteiger partial charge >= 0.3 is 0 Å². The first-order valence-electron chi connectivity index (χ1n) is 6.71. The minimum Gasteiger partial charge on any atom is -0.368 e. The number of aryl methyl sites for hydroxylation is 1. The zero-order valence-electron chi connectivity index (χ0n) is 10.9. The molecule has 0 aromatic carbocycles. The van der Waals surface area contributed by atoms with Gasteiger partial charge in [0.1, 0.15) is 5.54 Å². The molecule has 1 aliphatic carbocycles. The van der Waals surface area contributed by atoms with E-state index in [1.54, 1.807) is 6.20 Å². The highest BCUT2D eigenvalue weighted by Crippen LogP contribution is 2.38. The predicted molar refractivity (Wildman–Crippen MR) is 69.8 cm³/mol. The molecule has 0 radical (unpaired) electrons. The monoisotopic (exact) mass is 250 g/mol. The van der Waals surface area contributed by atoms with Crippen LogP contribution in [0.3, 0.4) is 0 Å². The summed E-state index contributed by atoms with van der Waals surface area (Å²) in [6.07, 6.45) is 7.67. The molecule has 18 heavy (non-hydrogen) atoms. The molecule has 1 amide bonds. The molecule has 0 saturated heterocycles. The fourth-order valence-corrected chi connectivity index (χ4v) is 3.15. The molecule has 1 fully saturated rings. The van der Waals surface area contributed by atoms with Crippen molar-refractivity contribution < 1.29 is 4.79 Å². The van der Waals surface area contributed by atoms with E-state index in [2.05, 4.69) is 10.4 Å². The molecule has 1 aromatic rings. The van der Waals surface area contributed by atoms with E-state index in [4.69, 9.17) is 5.73 Å². The fourth-order valence-electron chi connectivity index (χ4n) is 3.15. The Morgan fingerprint density at radius 1 is 1.67 bits per heavy atom. The second-order valence-electron chi connectivity index (χ2n) is 5.01. The van der Waals surface area contributed by atoms with Crippen LogP contribution in [0.2, 0.25) is 0 Å². The molecule has 5 nitrogen and oxygen atoms in total. The first-order chi connectivity index (χ1) is 8.69. The number of nitrogens with one attached hydrogen (secondary N) is 1. The van der Waals surface area contributed by atoms with E-state index in [0.717, 1.165) is 38.8 Å². The zero-order valence-corrected chi connectivity index (χ0v) is 10.9. The summed E-state index contributed by atoms with van der Waals surface area (Å²) in [4.78, 5) is 11.8. The standard InChI is InChI=1S/C13H22N4O/c1-2-15-13(12(14)18)7-3-5-11(13)6-10-17-9-4-8-16-17/h4,8-9,11,15H,2-3,5-7,10H2,1H3,(H2,14,18). The summed E-state index contributed by atoms with van der Waals surface area (Å²) in [7, 11) is 0. The maximum atomic E-state index is 11.8. The maximum absolute atomic E-state index is 11.8. The summed E-state index contributed by atoms with van der Waals surface area (Å²) in [5.41, 5.74) is 5.14. The van der Waals surface area contributed by atoms with Gasteiger partial charge in [0.15, 0.2) is 0 Å². The Morgan fingerprint density at radius 2 is 2.50 bits per heavy atom. The molecule has 0 aliphatic heterocycles. The van der Waals surface area contributed by atoms with Crippen LogP contribution in [0.25, 0.3) is 0 Å². The van der Waals surface area contributed by atoms with Crippen molar-refractivity contribution in [2.75, 3.05) is 6.54 Å². The van der Waals surface area contributed by atoms with Gasteiger partial charge in [-0.25, -0.2) is 0 Å². The molecule has 5 heteroatoms. The number of hydrogen-bond acceptors (Lipinski definition) is 3. The number of carbonyl (C=O) groups is 1. The molecule has 2 rings (SSSR count). The van der Waals surface area contributed by atoms with Crippen molar-refractivity contribution in [1.29, 1.82) is 0 Å². The number of primary amides is 1. The molecule has 0 bridgehead atoms. The SMILES string of the molecule is CCNC1(C(N)=O)CCCC1CCn1cccn1. The molecular weight excluding hydrogens is 228 g/mol. The molecule has 1 saturated carbocycles. The summed E-state index contributed by atoms with van der Waals surface area (Å²) >= 11 is 0. The third kappa shape index (κ3) is 2.41. The van der Waals surface area contributed by atoms with Crippen LogP contribution in [0.15, 0.2) is 18.5 Å². The minimum absolute atomic E-state index is 0.202. The number of carbonyl (C=O) groups excluding carboxylic acids is 1. The van der Waals surface area contributed by atoms with Gasteiger partial charge in [0.05, 0.1) is 0 Å². The van der Waals surface area contributed by atoms with E-state index >= 15 is 0 Å². The highest BCUT2D eigenvalue weighted by molar-refractivity contribution is 5.85. The molecule has 0 spiro atoms. The average molecular weight is 250 g/mol. The van der Waals surface area contributed by atoms with Crippen molar-refractivity contribution in [3.05, 3.63) is 18.5 Å². The van der Waals surface area contributed by atoms with Gasteiger partial charge < -0.3 is 11.1 Å². The number of nitrogens with two attached hydrogens (primary N) is 1. The normalized spacial score (nSPS) is 27.5. The lowest BCUT2D eigenvalue weighted by Gasteiger charge is -2.33. The lowest BCUT2D eigenvalue weighted by atomic mass is 9.84.